The number of hydrogen-bond acceptors (Lipinski definition) is 5. The SMILES string of the molecule is COc1ccnc(S(=O)(=O)Cl)n1. The molecule has 0 aliphatic carbocycles. The van der Waals surface area contributed by atoms with Crippen LogP contribution in [0.15, 0.2) is 17.4 Å². The van der Waals surface area contributed by atoms with Crippen LogP contribution in [0.2, 0.25) is 0 Å². The van der Waals surface area contributed by atoms with Crippen LogP contribution in [0.25, 0.3) is 0 Å². The van der Waals surface area contributed by atoms with E-state index < -0.39 is 14.2 Å². The van der Waals surface area contributed by atoms with Gasteiger partial charge in [-0.25, -0.2) is 13.4 Å². The van der Waals surface area contributed by atoms with Crippen LogP contribution in [0.1, 0.15) is 0 Å². The maximum Gasteiger partial charge on any atom is 0.296 e. The van der Waals surface area contributed by atoms with E-state index in [9.17, 15) is 8.42 Å². The minimum atomic E-state index is -3.87. The van der Waals surface area contributed by atoms with Gasteiger partial charge >= 0.3 is 0 Å². The molecule has 7 heteroatoms. The highest BCUT2D eigenvalue weighted by Crippen LogP contribution is 2.11. The monoisotopic (exact) mass is 208 g/mol. The zero-order valence-electron chi connectivity index (χ0n) is 6.06. The number of rotatable bonds is 2. The molecule has 1 aromatic rings. The van der Waals surface area contributed by atoms with Crippen molar-refractivity contribution >= 4 is 19.7 Å². The van der Waals surface area contributed by atoms with Crippen LogP contribution < -0.4 is 4.74 Å². The van der Waals surface area contributed by atoms with Gasteiger partial charge in [0.25, 0.3) is 14.2 Å². The Kier molecular flexibility index (Phi) is 2.49. The highest BCUT2D eigenvalue weighted by molar-refractivity contribution is 8.13. The van der Waals surface area contributed by atoms with E-state index in [0.717, 1.165) is 0 Å². The molecule has 0 spiro atoms. The Morgan fingerprint density at radius 2 is 2.25 bits per heavy atom. The molecule has 0 unspecified atom stereocenters. The summed E-state index contributed by atoms with van der Waals surface area (Å²) in [5.41, 5.74) is 0. The normalized spacial score (nSPS) is 11.2. The van der Waals surface area contributed by atoms with Crippen LogP contribution in [-0.2, 0) is 9.05 Å². The van der Waals surface area contributed by atoms with Crippen LogP contribution in [0.5, 0.6) is 5.88 Å². The Balaban J connectivity index is 3.20. The highest BCUT2D eigenvalue weighted by atomic mass is 35.7. The molecule has 0 saturated heterocycles. The first kappa shape index (κ1) is 9.21. The lowest BCUT2D eigenvalue weighted by Crippen LogP contribution is -2.00. The fourth-order valence-electron chi connectivity index (χ4n) is 0.556. The molecule has 0 saturated carbocycles. The molecule has 66 valence electrons. The molecule has 0 aliphatic rings. The van der Waals surface area contributed by atoms with Crippen molar-refractivity contribution in [1.82, 2.24) is 9.97 Å². The molecule has 5 nitrogen and oxygen atoms in total. The molecule has 12 heavy (non-hydrogen) atoms. The third-order valence-electron chi connectivity index (χ3n) is 1.04. The first-order valence-electron chi connectivity index (χ1n) is 2.86. The minimum Gasteiger partial charge on any atom is -0.481 e. The summed E-state index contributed by atoms with van der Waals surface area (Å²) in [7, 11) is 2.48. The van der Waals surface area contributed by atoms with Crippen LogP contribution >= 0.6 is 10.7 Å². The molecule has 0 aromatic carbocycles. The van der Waals surface area contributed by atoms with E-state index in [0.29, 0.717) is 0 Å². The van der Waals surface area contributed by atoms with E-state index in [-0.39, 0.29) is 5.88 Å². The summed E-state index contributed by atoms with van der Waals surface area (Å²) >= 11 is 0. The average Bonchev–Trinajstić information content (AvgIpc) is 2.03. The predicted octanol–water partition coefficient (Wildman–Crippen LogP) is 0.413. The lowest BCUT2D eigenvalue weighted by molar-refractivity contribution is 0.391. The molecule has 0 radical (unpaired) electrons. The van der Waals surface area contributed by atoms with Crippen molar-refractivity contribution in [2.45, 2.75) is 5.16 Å². The highest BCUT2D eigenvalue weighted by Gasteiger charge is 2.13. The first-order valence-corrected chi connectivity index (χ1v) is 5.16. The van der Waals surface area contributed by atoms with Crippen molar-refractivity contribution in [3.8, 4) is 5.88 Å². The molecule has 1 rings (SSSR count). The van der Waals surface area contributed by atoms with Crippen LogP contribution in [-0.4, -0.2) is 25.5 Å². The summed E-state index contributed by atoms with van der Waals surface area (Å²) in [6.45, 7) is 0. The van der Waals surface area contributed by atoms with Crippen molar-refractivity contribution in [3.05, 3.63) is 12.3 Å². The zero-order chi connectivity index (χ0) is 9.19. The van der Waals surface area contributed by atoms with E-state index in [1.54, 1.807) is 0 Å². The van der Waals surface area contributed by atoms with Gasteiger partial charge in [-0.05, 0) is 0 Å². The summed E-state index contributed by atoms with van der Waals surface area (Å²) in [6, 6.07) is 1.42. The number of hydrogen-bond donors (Lipinski definition) is 0. The van der Waals surface area contributed by atoms with Gasteiger partial charge in [0.1, 0.15) is 0 Å². The average molecular weight is 209 g/mol. The third-order valence-corrected chi connectivity index (χ3v) is 2.08. The maximum atomic E-state index is 10.7. The summed E-state index contributed by atoms with van der Waals surface area (Å²) < 4.78 is 26.0. The number of ether oxygens (including phenoxy) is 1. The van der Waals surface area contributed by atoms with Crippen molar-refractivity contribution < 1.29 is 13.2 Å². The van der Waals surface area contributed by atoms with Gasteiger partial charge < -0.3 is 4.74 Å². The second-order valence-corrected chi connectivity index (χ2v) is 4.28. The Morgan fingerprint density at radius 1 is 1.58 bits per heavy atom. The first-order chi connectivity index (χ1) is 5.54. The lowest BCUT2D eigenvalue weighted by Gasteiger charge is -1.97. The van der Waals surface area contributed by atoms with E-state index in [4.69, 9.17) is 10.7 Å². The van der Waals surface area contributed by atoms with Crippen molar-refractivity contribution in [3.63, 3.8) is 0 Å². The summed E-state index contributed by atoms with van der Waals surface area (Å²) in [4.78, 5) is 6.96. The molecule has 1 aromatic heterocycles. The molecule has 0 aliphatic heterocycles. The van der Waals surface area contributed by atoms with Crippen molar-refractivity contribution in [2.24, 2.45) is 0 Å². The lowest BCUT2D eigenvalue weighted by atomic mass is 10.6. The fourth-order valence-corrected chi connectivity index (χ4v) is 1.17. The van der Waals surface area contributed by atoms with Gasteiger partial charge in [-0.3, -0.25) is 0 Å². The fraction of sp³-hybridized carbons (Fsp3) is 0.200. The molecule has 0 bridgehead atoms. The second kappa shape index (κ2) is 3.24. The topological polar surface area (TPSA) is 69.2 Å². The molecule has 1 heterocycles. The van der Waals surface area contributed by atoms with Crippen LogP contribution in [0.4, 0.5) is 0 Å². The number of methoxy groups -OCH3 is 1. The van der Waals surface area contributed by atoms with Gasteiger partial charge in [0.2, 0.25) is 5.88 Å². The quantitative estimate of drug-likeness (QED) is 0.520. The van der Waals surface area contributed by atoms with E-state index in [1.165, 1.54) is 19.4 Å². The summed E-state index contributed by atoms with van der Waals surface area (Å²) in [5, 5.41) is -0.455. The van der Waals surface area contributed by atoms with Crippen LogP contribution in [0, 0.1) is 0 Å². The predicted molar refractivity (Wildman–Crippen MR) is 41.6 cm³/mol. The minimum absolute atomic E-state index is 0.157. The number of aromatic nitrogens is 2. The number of nitrogens with zero attached hydrogens (tertiary/aromatic N) is 2. The van der Waals surface area contributed by atoms with E-state index in [2.05, 4.69) is 14.7 Å². The Bertz CT molecular complexity index is 378. The third kappa shape index (κ3) is 2.05. The smallest absolute Gasteiger partial charge is 0.296 e. The van der Waals surface area contributed by atoms with Crippen molar-refractivity contribution in [1.29, 1.82) is 0 Å². The molecule has 0 fully saturated rings. The van der Waals surface area contributed by atoms with Gasteiger partial charge in [-0.1, -0.05) is 0 Å². The Hall–Kier alpha value is -0.880. The van der Waals surface area contributed by atoms with Gasteiger partial charge in [0.05, 0.1) is 7.11 Å². The van der Waals surface area contributed by atoms with Crippen LogP contribution in [0.3, 0.4) is 0 Å². The summed E-state index contributed by atoms with van der Waals surface area (Å²) in [6.07, 6.45) is 1.25. The molecular formula is C5H5ClN2O3S. The van der Waals surface area contributed by atoms with Gasteiger partial charge in [0, 0.05) is 22.9 Å². The number of halogens is 1. The van der Waals surface area contributed by atoms with E-state index in [1.807, 2.05) is 0 Å². The van der Waals surface area contributed by atoms with Gasteiger partial charge in [0.15, 0.2) is 0 Å². The largest absolute Gasteiger partial charge is 0.481 e. The summed E-state index contributed by atoms with van der Waals surface area (Å²) in [5.74, 6) is 0.157. The second-order valence-electron chi connectivity index (χ2n) is 1.82. The molecular weight excluding hydrogens is 204 g/mol. The standard InChI is InChI=1S/C5H5ClN2O3S/c1-11-4-2-3-7-5(8-4)12(6,9)10/h2-3H,1H3. The van der Waals surface area contributed by atoms with Gasteiger partial charge in [-0.15, -0.1) is 0 Å². The zero-order valence-corrected chi connectivity index (χ0v) is 7.63. The molecule has 0 N–H and O–H groups in total. The van der Waals surface area contributed by atoms with Crippen molar-refractivity contribution in [2.75, 3.05) is 7.11 Å². The Labute approximate surface area is 73.8 Å². The molecule has 0 atom stereocenters. The van der Waals surface area contributed by atoms with E-state index >= 15 is 0 Å². The van der Waals surface area contributed by atoms with Gasteiger partial charge in [-0.2, -0.15) is 4.98 Å². The Morgan fingerprint density at radius 3 is 2.75 bits per heavy atom. The molecule has 0 amide bonds. The maximum absolute atomic E-state index is 10.7.